The number of allylic oxidation sites excluding steroid dienone is 1. The third-order valence-electron chi connectivity index (χ3n) is 2.32. The Balaban J connectivity index is 2.70. The molecule has 0 amide bonds. The molecule has 1 aromatic rings. The van der Waals surface area contributed by atoms with Gasteiger partial charge in [-0.25, -0.2) is 0 Å². The van der Waals surface area contributed by atoms with E-state index in [1.807, 2.05) is 37.4 Å². The number of thioether (sulfide) groups is 1. The fourth-order valence-corrected chi connectivity index (χ4v) is 1.64. The SMILES string of the molecule is C=C(CC)CC(=O)c1ccc(SC)cc1. The summed E-state index contributed by atoms with van der Waals surface area (Å²) in [5, 5.41) is 0. The summed E-state index contributed by atoms with van der Waals surface area (Å²) in [5.74, 6) is 0.162. The molecule has 0 radical (unpaired) electrons. The molecule has 1 rings (SSSR count). The van der Waals surface area contributed by atoms with E-state index in [1.54, 1.807) is 11.8 Å². The summed E-state index contributed by atoms with van der Waals surface area (Å²) < 4.78 is 0. The highest BCUT2D eigenvalue weighted by atomic mass is 32.2. The zero-order valence-corrected chi connectivity index (χ0v) is 10.1. The van der Waals surface area contributed by atoms with E-state index in [-0.39, 0.29) is 5.78 Å². The molecular formula is C13H16OS. The van der Waals surface area contributed by atoms with Gasteiger partial charge in [0.2, 0.25) is 0 Å². The number of Topliss-reactive ketones (excluding diaryl/α,β-unsaturated/α-hetero) is 1. The van der Waals surface area contributed by atoms with Gasteiger partial charge in [0.25, 0.3) is 0 Å². The maximum Gasteiger partial charge on any atom is 0.166 e. The highest BCUT2D eigenvalue weighted by Gasteiger charge is 2.06. The number of hydrogen-bond donors (Lipinski definition) is 0. The topological polar surface area (TPSA) is 17.1 Å². The highest BCUT2D eigenvalue weighted by Crippen LogP contribution is 2.17. The van der Waals surface area contributed by atoms with E-state index in [9.17, 15) is 4.79 Å². The Morgan fingerprint density at radius 1 is 1.33 bits per heavy atom. The molecule has 0 N–H and O–H groups in total. The molecule has 0 saturated heterocycles. The Hall–Kier alpha value is -1.02. The zero-order valence-electron chi connectivity index (χ0n) is 9.25. The molecule has 0 fully saturated rings. The first-order valence-electron chi connectivity index (χ1n) is 5.01. The molecule has 1 nitrogen and oxygen atoms in total. The lowest BCUT2D eigenvalue weighted by Crippen LogP contribution is -1.99. The number of carbonyl (C=O) groups excluding carboxylic acids is 1. The van der Waals surface area contributed by atoms with Crippen molar-refractivity contribution in [1.29, 1.82) is 0 Å². The van der Waals surface area contributed by atoms with Gasteiger partial charge in [-0.05, 0) is 24.8 Å². The van der Waals surface area contributed by atoms with Gasteiger partial charge in [0.05, 0.1) is 0 Å². The minimum Gasteiger partial charge on any atom is -0.294 e. The van der Waals surface area contributed by atoms with Gasteiger partial charge in [-0.1, -0.05) is 31.2 Å². The minimum absolute atomic E-state index is 0.162. The van der Waals surface area contributed by atoms with Crippen molar-refractivity contribution < 1.29 is 4.79 Å². The molecule has 15 heavy (non-hydrogen) atoms. The molecule has 0 heterocycles. The molecule has 1 aromatic carbocycles. The van der Waals surface area contributed by atoms with Crippen LogP contribution in [-0.4, -0.2) is 12.0 Å². The normalized spacial score (nSPS) is 10.0. The van der Waals surface area contributed by atoms with Gasteiger partial charge in [-0.15, -0.1) is 11.8 Å². The smallest absolute Gasteiger partial charge is 0.166 e. The van der Waals surface area contributed by atoms with E-state index >= 15 is 0 Å². The molecule has 0 bridgehead atoms. The van der Waals surface area contributed by atoms with Gasteiger partial charge in [-0.2, -0.15) is 0 Å². The van der Waals surface area contributed by atoms with Crippen LogP contribution in [0.15, 0.2) is 41.3 Å². The predicted octanol–water partition coefficient (Wildman–Crippen LogP) is 3.95. The molecule has 0 atom stereocenters. The second-order valence-corrected chi connectivity index (χ2v) is 4.31. The Morgan fingerprint density at radius 2 is 1.93 bits per heavy atom. The summed E-state index contributed by atoms with van der Waals surface area (Å²) in [4.78, 5) is 12.9. The van der Waals surface area contributed by atoms with Crippen LogP contribution in [0.4, 0.5) is 0 Å². The molecule has 0 aromatic heterocycles. The first-order valence-corrected chi connectivity index (χ1v) is 6.23. The van der Waals surface area contributed by atoms with Crippen molar-refractivity contribution in [3.63, 3.8) is 0 Å². The third-order valence-corrected chi connectivity index (χ3v) is 3.07. The Kier molecular flexibility index (Phi) is 4.63. The monoisotopic (exact) mass is 220 g/mol. The summed E-state index contributed by atoms with van der Waals surface area (Å²) in [5.41, 5.74) is 1.77. The van der Waals surface area contributed by atoms with Crippen LogP contribution in [0.3, 0.4) is 0 Å². The molecule has 0 aliphatic heterocycles. The second kappa shape index (κ2) is 5.76. The highest BCUT2D eigenvalue weighted by molar-refractivity contribution is 7.98. The largest absolute Gasteiger partial charge is 0.294 e. The van der Waals surface area contributed by atoms with Gasteiger partial charge in [0.15, 0.2) is 5.78 Å². The van der Waals surface area contributed by atoms with Crippen molar-refractivity contribution >= 4 is 17.5 Å². The maximum absolute atomic E-state index is 11.7. The number of benzene rings is 1. The summed E-state index contributed by atoms with van der Waals surface area (Å²) in [6, 6.07) is 7.73. The number of hydrogen-bond acceptors (Lipinski definition) is 2. The quantitative estimate of drug-likeness (QED) is 0.424. The summed E-state index contributed by atoms with van der Waals surface area (Å²) in [7, 11) is 0. The van der Waals surface area contributed by atoms with Crippen molar-refractivity contribution in [3.8, 4) is 0 Å². The molecule has 0 saturated carbocycles. The van der Waals surface area contributed by atoms with Crippen molar-refractivity contribution in [2.75, 3.05) is 6.26 Å². The van der Waals surface area contributed by atoms with Crippen LogP contribution >= 0.6 is 11.8 Å². The predicted molar refractivity (Wildman–Crippen MR) is 66.6 cm³/mol. The first kappa shape index (κ1) is 12.1. The van der Waals surface area contributed by atoms with Gasteiger partial charge in [0, 0.05) is 16.9 Å². The van der Waals surface area contributed by atoms with Crippen molar-refractivity contribution in [2.45, 2.75) is 24.7 Å². The zero-order chi connectivity index (χ0) is 11.3. The van der Waals surface area contributed by atoms with Crippen molar-refractivity contribution in [2.24, 2.45) is 0 Å². The van der Waals surface area contributed by atoms with E-state index in [4.69, 9.17) is 0 Å². The number of ketones is 1. The average Bonchev–Trinajstić information content (AvgIpc) is 2.29. The van der Waals surface area contributed by atoms with Crippen molar-refractivity contribution in [1.82, 2.24) is 0 Å². The van der Waals surface area contributed by atoms with E-state index < -0.39 is 0 Å². The van der Waals surface area contributed by atoms with E-state index in [0.29, 0.717) is 6.42 Å². The molecule has 0 spiro atoms. The Bertz CT molecular complexity index is 351. The molecule has 80 valence electrons. The van der Waals surface area contributed by atoms with Crippen LogP contribution in [0.25, 0.3) is 0 Å². The average molecular weight is 220 g/mol. The van der Waals surface area contributed by atoms with Gasteiger partial charge in [-0.3, -0.25) is 4.79 Å². The van der Waals surface area contributed by atoms with Crippen LogP contribution in [0.2, 0.25) is 0 Å². The Labute approximate surface area is 95.6 Å². The third kappa shape index (κ3) is 3.56. The first-order chi connectivity index (χ1) is 7.17. The second-order valence-electron chi connectivity index (χ2n) is 3.43. The van der Waals surface area contributed by atoms with E-state index in [2.05, 4.69) is 6.58 Å². The van der Waals surface area contributed by atoms with E-state index in [0.717, 1.165) is 17.6 Å². The van der Waals surface area contributed by atoms with Gasteiger partial charge >= 0.3 is 0 Å². The minimum atomic E-state index is 0.162. The fourth-order valence-electron chi connectivity index (χ4n) is 1.23. The van der Waals surface area contributed by atoms with Crippen LogP contribution < -0.4 is 0 Å². The number of rotatable bonds is 5. The van der Waals surface area contributed by atoms with Crippen molar-refractivity contribution in [3.05, 3.63) is 42.0 Å². The number of carbonyl (C=O) groups is 1. The van der Waals surface area contributed by atoms with Gasteiger partial charge in [0.1, 0.15) is 0 Å². The lowest BCUT2D eigenvalue weighted by atomic mass is 10.0. The molecular weight excluding hydrogens is 204 g/mol. The molecule has 0 aliphatic rings. The van der Waals surface area contributed by atoms with Crippen LogP contribution in [0.5, 0.6) is 0 Å². The van der Waals surface area contributed by atoms with E-state index in [1.165, 1.54) is 4.90 Å². The summed E-state index contributed by atoms with van der Waals surface area (Å²) in [6.07, 6.45) is 3.36. The summed E-state index contributed by atoms with van der Waals surface area (Å²) in [6.45, 7) is 5.87. The maximum atomic E-state index is 11.7. The van der Waals surface area contributed by atoms with Crippen LogP contribution in [0.1, 0.15) is 30.1 Å². The van der Waals surface area contributed by atoms with Gasteiger partial charge < -0.3 is 0 Å². The molecule has 0 unspecified atom stereocenters. The summed E-state index contributed by atoms with van der Waals surface area (Å²) >= 11 is 1.68. The molecule has 0 aliphatic carbocycles. The standard InChI is InChI=1S/C13H16OS/c1-4-10(2)9-13(14)11-5-7-12(15-3)8-6-11/h5-8H,2,4,9H2,1,3H3. The van der Waals surface area contributed by atoms with Crippen LogP contribution in [-0.2, 0) is 0 Å². The molecule has 2 heteroatoms. The lowest BCUT2D eigenvalue weighted by molar-refractivity contribution is 0.0992. The van der Waals surface area contributed by atoms with Crippen LogP contribution in [0, 0.1) is 0 Å². The lowest BCUT2D eigenvalue weighted by Gasteiger charge is -2.03. The Morgan fingerprint density at radius 3 is 2.40 bits per heavy atom. The fraction of sp³-hybridized carbons (Fsp3) is 0.308.